The average Bonchev–Trinajstić information content (AvgIpc) is 3.15. The van der Waals surface area contributed by atoms with Gasteiger partial charge >= 0.3 is 0 Å². The van der Waals surface area contributed by atoms with Crippen molar-refractivity contribution in [2.45, 2.75) is 46.6 Å². The van der Waals surface area contributed by atoms with E-state index in [9.17, 15) is 4.79 Å². The molecule has 2 aromatic heterocycles. The second kappa shape index (κ2) is 8.19. The molecule has 7 nitrogen and oxygen atoms in total. The Morgan fingerprint density at radius 2 is 2.10 bits per heavy atom. The Balaban J connectivity index is 1.51. The standard InChI is InChI=1S/C22H27N5O2/c1-4-18-19-20(24-15(3)25-22(19)29-26-18)27-11-7-10-17(13-27)21(28)23-12-16-9-6-5-8-14(16)2/h5-6,8-9,17H,4,7,10-13H2,1-3H3,(H,23,28)/t17-/m1/s1. The summed E-state index contributed by atoms with van der Waals surface area (Å²) in [5, 5.41) is 8.14. The molecule has 1 aliphatic rings. The normalized spacial score (nSPS) is 16.9. The molecule has 29 heavy (non-hydrogen) atoms. The third kappa shape index (κ3) is 3.95. The first-order chi connectivity index (χ1) is 14.1. The summed E-state index contributed by atoms with van der Waals surface area (Å²) in [5.74, 6) is 1.52. The van der Waals surface area contributed by atoms with Gasteiger partial charge in [-0.15, -0.1) is 0 Å². The molecule has 1 saturated heterocycles. The van der Waals surface area contributed by atoms with Gasteiger partial charge in [0.25, 0.3) is 5.71 Å². The van der Waals surface area contributed by atoms with E-state index in [0.29, 0.717) is 24.6 Å². The largest absolute Gasteiger partial charge is 0.355 e. The number of hydrogen-bond donors (Lipinski definition) is 1. The summed E-state index contributed by atoms with van der Waals surface area (Å²) in [6, 6.07) is 8.14. The Labute approximate surface area is 170 Å². The van der Waals surface area contributed by atoms with Crippen molar-refractivity contribution >= 4 is 22.8 Å². The lowest BCUT2D eigenvalue weighted by Crippen LogP contribution is -2.43. The van der Waals surface area contributed by atoms with Crippen molar-refractivity contribution in [2.24, 2.45) is 5.92 Å². The molecule has 0 radical (unpaired) electrons. The number of nitrogens with zero attached hydrogens (tertiary/aromatic N) is 4. The fourth-order valence-corrected chi connectivity index (χ4v) is 3.98. The van der Waals surface area contributed by atoms with Crippen molar-refractivity contribution in [2.75, 3.05) is 18.0 Å². The molecule has 0 spiro atoms. The maximum Gasteiger partial charge on any atom is 0.263 e. The van der Waals surface area contributed by atoms with Gasteiger partial charge in [-0.25, -0.2) is 4.98 Å². The van der Waals surface area contributed by atoms with E-state index in [0.717, 1.165) is 48.3 Å². The monoisotopic (exact) mass is 393 g/mol. The highest BCUT2D eigenvalue weighted by Gasteiger charge is 2.29. The lowest BCUT2D eigenvalue weighted by Gasteiger charge is -2.33. The molecule has 3 aromatic rings. The summed E-state index contributed by atoms with van der Waals surface area (Å²) in [6.07, 6.45) is 2.58. The van der Waals surface area contributed by atoms with Gasteiger partial charge in [-0.3, -0.25) is 4.79 Å². The fraction of sp³-hybridized carbons (Fsp3) is 0.455. The molecule has 1 fully saturated rings. The van der Waals surface area contributed by atoms with Crippen molar-refractivity contribution < 1.29 is 9.32 Å². The van der Waals surface area contributed by atoms with Crippen LogP contribution >= 0.6 is 0 Å². The summed E-state index contributed by atoms with van der Waals surface area (Å²) in [4.78, 5) is 24.1. The number of carbonyl (C=O) groups excluding carboxylic acids is 1. The zero-order valence-electron chi connectivity index (χ0n) is 17.2. The van der Waals surface area contributed by atoms with Gasteiger partial charge in [0.2, 0.25) is 5.91 Å². The van der Waals surface area contributed by atoms with Gasteiger partial charge in [-0.05, 0) is 44.2 Å². The molecule has 7 heteroatoms. The Kier molecular flexibility index (Phi) is 5.47. The SMILES string of the molecule is CCc1noc2nc(C)nc(N3CCC[C@@H](C(=O)NCc4ccccc4C)C3)c12. The Bertz CT molecular complexity index is 1030. The molecular weight excluding hydrogens is 366 g/mol. The number of nitrogens with one attached hydrogen (secondary N) is 1. The maximum absolute atomic E-state index is 12.9. The molecule has 1 aliphatic heterocycles. The molecule has 1 amide bonds. The number of aryl methyl sites for hydroxylation is 3. The van der Waals surface area contributed by atoms with Crippen LogP contribution in [0.4, 0.5) is 5.82 Å². The van der Waals surface area contributed by atoms with Crippen molar-refractivity contribution in [1.29, 1.82) is 0 Å². The van der Waals surface area contributed by atoms with Crippen LogP contribution in [0.3, 0.4) is 0 Å². The quantitative estimate of drug-likeness (QED) is 0.716. The van der Waals surface area contributed by atoms with Crippen molar-refractivity contribution in [3.05, 3.63) is 46.9 Å². The number of rotatable bonds is 5. The first kappa shape index (κ1) is 19.4. The minimum absolute atomic E-state index is 0.0666. The predicted octanol–water partition coefficient (Wildman–Crippen LogP) is 3.33. The zero-order chi connectivity index (χ0) is 20.4. The van der Waals surface area contributed by atoms with Gasteiger partial charge in [-0.1, -0.05) is 36.3 Å². The second-order valence-electron chi connectivity index (χ2n) is 7.69. The molecule has 1 aromatic carbocycles. The number of anilines is 1. The van der Waals surface area contributed by atoms with Crippen LogP contribution in [0.2, 0.25) is 0 Å². The van der Waals surface area contributed by atoms with Crippen molar-refractivity contribution in [1.82, 2.24) is 20.4 Å². The van der Waals surface area contributed by atoms with Gasteiger partial charge in [0.05, 0.1) is 11.6 Å². The van der Waals surface area contributed by atoms with E-state index in [-0.39, 0.29) is 11.8 Å². The molecule has 152 valence electrons. The third-order valence-corrected chi connectivity index (χ3v) is 5.64. The number of hydrogen-bond acceptors (Lipinski definition) is 6. The van der Waals surface area contributed by atoms with E-state index in [1.54, 1.807) is 0 Å². The third-order valence-electron chi connectivity index (χ3n) is 5.64. The van der Waals surface area contributed by atoms with Crippen LogP contribution in [0.25, 0.3) is 11.1 Å². The Morgan fingerprint density at radius 1 is 1.28 bits per heavy atom. The van der Waals surface area contributed by atoms with Gasteiger partial charge in [-0.2, -0.15) is 4.98 Å². The highest BCUT2D eigenvalue weighted by atomic mass is 16.5. The van der Waals surface area contributed by atoms with Gasteiger partial charge in [0, 0.05) is 19.6 Å². The first-order valence-corrected chi connectivity index (χ1v) is 10.3. The van der Waals surface area contributed by atoms with Crippen molar-refractivity contribution in [3.8, 4) is 0 Å². The first-order valence-electron chi connectivity index (χ1n) is 10.3. The molecule has 1 atom stereocenters. The fourth-order valence-electron chi connectivity index (χ4n) is 3.98. The molecule has 4 rings (SSSR count). The van der Waals surface area contributed by atoms with Crippen molar-refractivity contribution in [3.63, 3.8) is 0 Å². The minimum atomic E-state index is -0.0666. The van der Waals surface area contributed by atoms with Crippen LogP contribution in [0.15, 0.2) is 28.8 Å². The molecule has 0 saturated carbocycles. The molecule has 0 aliphatic carbocycles. The zero-order valence-corrected chi connectivity index (χ0v) is 17.2. The number of piperidine rings is 1. The smallest absolute Gasteiger partial charge is 0.263 e. The van der Waals surface area contributed by atoms with Crippen LogP contribution in [0.1, 0.15) is 42.4 Å². The van der Waals surface area contributed by atoms with Crippen LogP contribution in [-0.4, -0.2) is 34.1 Å². The van der Waals surface area contributed by atoms with E-state index < -0.39 is 0 Å². The number of fused-ring (bicyclic) bond motifs is 1. The topological polar surface area (TPSA) is 84.2 Å². The van der Waals surface area contributed by atoms with E-state index in [1.165, 1.54) is 5.56 Å². The predicted molar refractivity (Wildman–Crippen MR) is 112 cm³/mol. The van der Waals surface area contributed by atoms with Crippen LogP contribution in [0, 0.1) is 19.8 Å². The maximum atomic E-state index is 12.9. The molecule has 3 heterocycles. The van der Waals surface area contributed by atoms with Gasteiger partial charge in [0.15, 0.2) is 0 Å². The van der Waals surface area contributed by atoms with Gasteiger partial charge in [0.1, 0.15) is 17.0 Å². The number of aromatic nitrogens is 3. The summed E-state index contributed by atoms with van der Waals surface area (Å²) < 4.78 is 5.42. The van der Waals surface area contributed by atoms with Crippen LogP contribution < -0.4 is 10.2 Å². The highest BCUT2D eigenvalue weighted by Crippen LogP contribution is 2.31. The lowest BCUT2D eigenvalue weighted by molar-refractivity contribution is -0.125. The summed E-state index contributed by atoms with van der Waals surface area (Å²) >= 11 is 0. The Morgan fingerprint density at radius 3 is 2.90 bits per heavy atom. The van der Waals surface area contributed by atoms with E-state index in [2.05, 4.69) is 44.4 Å². The molecule has 0 unspecified atom stereocenters. The highest BCUT2D eigenvalue weighted by molar-refractivity contribution is 5.89. The summed E-state index contributed by atoms with van der Waals surface area (Å²) in [7, 11) is 0. The minimum Gasteiger partial charge on any atom is -0.355 e. The molecule has 0 bridgehead atoms. The van der Waals surface area contributed by atoms with Crippen LogP contribution in [0.5, 0.6) is 0 Å². The van der Waals surface area contributed by atoms with E-state index in [1.807, 2.05) is 26.0 Å². The van der Waals surface area contributed by atoms with E-state index in [4.69, 9.17) is 4.52 Å². The molecular formula is C22H27N5O2. The van der Waals surface area contributed by atoms with E-state index >= 15 is 0 Å². The lowest BCUT2D eigenvalue weighted by atomic mass is 9.96. The Hall–Kier alpha value is -2.96. The second-order valence-corrected chi connectivity index (χ2v) is 7.69. The summed E-state index contributed by atoms with van der Waals surface area (Å²) in [6.45, 7) is 8.02. The number of amides is 1. The molecule has 1 N–H and O–H groups in total. The number of benzene rings is 1. The summed E-state index contributed by atoms with van der Waals surface area (Å²) in [5.41, 5.74) is 3.73. The number of carbonyl (C=O) groups is 1. The van der Waals surface area contributed by atoms with Gasteiger partial charge < -0.3 is 14.7 Å². The average molecular weight is 393 g/mol. The van der Waals surface area contributed by atoms with Crippen LogP contribution in [-0.2, 0) is 17.8 Å².